The predicted octanol–water partition coefficient (Wildman–Crippen LogP) is 5.54. The SMILES string of the molecule is CC(=O)O[C@@H]1C[C@@H]2[C@@]3(C)CCCC(C)(C)[C@@H]3CC[C@@]2(C)[C@@H]2CC=C(C=O)[C@H](C=O)[C@]12C. The second-order valence-electron chi connectivity index (χ2n) is 12.4. The van der Waals surface area contributed by atoms with Crippen molar-refractivity contribution in [3.8, 4) is 0 Å². The highest BCUT2D eigenvalue weighted by Crippen LogP contribution is 2.73. The summed E-state index contributed by atoms with van der Waals surface area (Å²) in [4.78, 5) is 36.3. The fourth-order valence-corrected chi connectivity index (χ4v) is 9.45. The van der Waals surface area contributed by atoms with Crippen molar-refractivity contribution in [2.75, 3.05) is 0 Å². The summed E-state index contributed by atoms with van der Waals surface area (Å²) in [5.74, 6) is 0.519. The number of hydrogen-bond acceptors (Lipinski definition) is 4. The van der Waals surface area contributed by atoms with E-state index in [4.69, 9.17) is 4.74 Å². The van der Waals surface area contributed by atoms with Crippen LogP contribution in [0.3, 0.4) is 0 Å². The van der Waals surface area contributed by atoms with Crippen molar-refractivity contribution in [3.63, 3.8) is 0 Å². The van der Waals surface area contributed by atoms with Crippen molar-refractivity contribution in [2.45, 2.75) is 92.6 Å². The van der Waals surface area contributed by atoms with Gasteiger partial charge in [-0.3, -0.25) is 9.59 Å². The minimum atomic E-state index is -0.545. The maximum Gasteiger partial charge on any atom is 0.302 e. The number of rotatable bonds is 3. The monoisotopic (exact) mass is 428 g/mol. The number of hydrogen-bond donors (Lipinski definition) is 0. The molecule has 172 valence electrons. The number of ether oxygens (including phenoxy) is 1. The summed E-state index contributed by atoms with van der Waals surface area (Å²) in [6.45, 7) is 13.4. The van der Waals surface area contributed by atoms with E-state index >= 15 is 0 Å². The molecule has 0 bridgehead atoms. The average molecular weight is 429 g/mol. The molecule has 0 radical (unpaired) electrons. The van der Waals surface area contributed by atoms with E-state index in [2.05, 4.69) is 34.6 Å². The van der Waals surface area contributed by atoms with Crippen LogP contribution < -0.4 is 0 Å². The summed E-state index contributed by atoms with van der Waals surface area (Å²) in [6.07, 6.45) is 11.1. The molecule has 0 saturated heterocycles. The highest BCUT2D eigenvalue weighted by atomic mass is 16.5. The van der Waals surface area contributed by atoms with E-state index in [0.29, 0.717) is 22.8 Å². The topological polar surface area (TPSA) is 60.4 Å². The van der Waals surface area contributed by atoms with Crippen molar-refractivity contribution in [3.05, 3.63) is 11.6 Å². The van der Waals surface area contributed by atoms with Crippen LogP contribution in [0.4, 0.5) is 0 Å². The van der Waals surface area contributed by atoms with Gasteiger partial charge in [-0.2, -0.15) is 0 Å². The molecule has 0 spiro atoms. The average Bonchev–Trinajstić information content (AvgIpc) is 2.67. The van der Waals surface area contributed by atoms with E-state index in [0.717, 1.165) is 31.8 Å². The lowest BCUT2D eigenvalue weighted by atomic mass is 9.35. The van der Waals surface area contributed by atoms with Gasteiger partial charge in [0.2, 0.25) is 0 Å². The molecule has 0 aromatic rings. The zero-order chi connectivity index (χ0) is 22.8. The van der Waals surface area contributed by atoms with E-state index in [-0.39, 0.29) is 28.8 Å². The molecule has 3 saturated carbocycles. The molecule has 3 fully saturated rings. The minimum absolute atomic E-state index is 0.0657. The van der Waals surface area contributed by atoms with E-state index in [1.807, 2.05) is 6.08 Å². The Kier molecular flexibility index (Phi) is 5.34. The lowest BCUT2D eigenvalue weighted by molar-refractivity contribution is -0.238. The van der Waals surface area contributed by atoms with E-state index in [9.17, 15) is 14.4 Å². The fourth-order valence-electron chi connectivity index (χ4n) is 9.45. The van der Waals surface area contributed by atoms with Crippen molar-refractivity contribution >= 4 is 18.5 Å². The van der Waals surface area contributed by atoms with Crippen LogP contribution in [-0.2, 0) is 19.1 Å². The summed E-state index contributed by atoms with van der Waals surface area (Å²) >= 11 is 0. The van der Waals surface area contributed by atoms with Crippen molar-refractivity contribution in [1.82, 2.24) is 0 Å². The lowest BCUT2D eigenvalue weighted by Crippen LogP contribution is -2.67. The van der Waals surface area contributed by atoms with Gasteiger partial charge in [-0.25, -0.2) is 0 Å². The first-order valence-electron chi connectivity index (χ1n) is 12.2. The first kappa shape index (κ1) is 22.7. The van der Waals surface area contributed by atoms with Crippen LogP contribution in [0.1, 0.15) is 86.5 Å². The summed E-state index contributed by atoms with van der Waals surface area (Å²) in [5.41, 5.74) is 0.619. The van der Waals surface area contributed by atoms with Gasteiger partial charge in [-0.1, -0.05) is 47.1 Å². The molecule has 31 heavy (non-hydrogen) atoms. The van der Waals surface area contributed by atoms with E-state index in [1.165, 1.54) is 32.6 Å². The van der Waals surface area contributed by atoms with Gasteiger partial charge in [0.05, 0.1) is 5.92 Å². The van der Waals surface area contributed by atoms with Crippen LogP contribution in [0.25, 0.3) is 0 Å². The Bertz CT molecular complexity index is 812. The third-order valence-electron chi connectivity index (χ3n) is 10.7. The standard InChI is InChI=1S/C27H40O4/c1-17(30)31-23-14-22-25(4)12-7-11-24(2,3)20(25)10-13-26(22,5)21-9-8-18(15-28)19(16-29)27(21,23)6/h8,15-16,19-23H,7,9-14H2,1-6H3/t19-,20-,21-,22+,23+,25-,26-,27-/m0/s1. The second-order valence-corrected chi connectivity index (χ2v) is 12.4. The summed E-state index contributed by atoms with van der Waals surface area (Å²) in [6, 6.07) is 0. The lowest BCUT2D eigenvalue weighted by Gasteiger charge is -2.70. The second kappa shape index (κ2) is 7.28. The van der Waals surface area contributed by atoms with Gasteiger partial charge in [-0.05, 0) is 78.1 Å². The normalized spacial score (nSPS) is 48.3. The third kappa shape index (κ3) is 3.03. The van der Waals surface area contributed by atoms with Gasteiger partial charge >= 0.3 is 5.97 Å². The maximum absolute atomic E-state index is 12.3. The summed E-state index contributed by atoms with van der Waals surface area (Å²) in [7, 11) is 0. The Hall–Kier alpha value is -1.45. The Morgan fingerprint density at radius 3 is 2.29 bits per heavy atom. The molecule has 0 unspecified atom stereocenters. The molecule has 0 N–H and O–H groups in total. The largest absolute Gasteiger partial charge is 0.462 e. The third-order valence-corrected chi connectivity index (χ3v) is 10.7. The molecule has 4 aliphatic carbocycles. The zero-order valence-electron chi connectivity index (χ0n) is 20.2. The number of aldehydes is 2. The molecule has 8 atom stereocenters. The minimum Gasteiger partial charge on any atom is -0.462 e. The molecule has 4 heteroatoms. The molecule has 0 heterocycles. The Morgan fingerprint density at radius 2 is 1.68 bits per heavy atom. The highest BCUT2D eigenvalue weighted by Gasteiger charge is 2.68. The van der Waals surface area contributed by atoms with E-state index in [1.54, 1.807) is 0 Å². The zero-order valence-corrected chi connectivity index (χ0v) is 20.2. The van der Waals surface area contributed by atoms with Gasteiger partial charge in [0.1, 0.15) is 18.7 Å². The van der Waals surface area contributed by atoms with Crippen LogP contribution >= 0.6 is 0 Å². The molecular formula is C27H40O4. The number of allylic oxidation sites excluding steroid dienone is 2. The van der Waals surface area contributed by atoms with Gasteiger partial charge in [0, 0.05) is 12.3 Å². The quantitative estimate of drug-likeness (QED) is 0.437. The first-order chi connectivity index (χ1) is 14.4. The van der Waals surface area contributed by atoms with Gasteiger partial charge in [0.25, 0.3) is 0 Å². The fraction of sp³-hybridized carbons (Fsp3) is 0.815. The molecule has 0 amide bonds. The van der Waals surface area contributed by atoms with Gasteiger partial charge in [0.15, 0.2) is 0 Å². The van der Waals surface area contributed by atoms with Gasteiger partial charge < -0.3 is 9.53 Å². The predicted molar refractivity (Wildman–Crippen MR) is 120 cm³/mol. The Labute approximate surface area is 187 Å². The van der Waals surface area contributed by atoms with E-state index < -0.39 is 11.3 Å². The molecule has 4 aliphatic rings. The highest BCUT2D eigenvalue weighted by molar-refractivity contribution is 5.82. The molecule has 0 aromatic heterocycles. The summed E-state index contributed by atoms with van der Waals surface area (Å²) in [5, 5.41) is 0. The van der Waals surface area contributed by atoms with Crippen LogP contribution in [0, 0.1) is 45.3 Å². The van der Waals surface area contributed by atoms with Crippen LogP contribution in [0.5, 0.6) is 0 Å². The van der Waals surface area contributed by atoms with Gasteiger partial charge in [-0.15, -0.1) is 0 Å². The number of carbonyl (C=O) groups is 3. The van der Waals surface area contributed by atoms with Crippen LogP contribution in [0.15, 0.2) is 11.6 Å². The molecule has 4 rings (SSSR count). The molecule has 0 aromatic carbocycles. The van der Waals surface area contributed by atoms with Crippen molar-refractivity contribution in [1.29, 1.82) is 0 Å². The Morgan fingerprint density at radius 1 is 1.00 bits per heavy atom. The van der Waals surface area contributed by atoms with Crippen LogP contribution in [0.2, 0.25) is 0 Å². The molecular weight excluding hydrogens is 388 g/mol. The molecule has 4 nitrogen and oxygen atoms in total. The Balaban J connectivity index is 1.85. The van der Waals surface area contributed by atoms with Crippen molar-refractivity contribution < 1.29 is 19.1 Å². The van der Waals surface area contributed by atoms with Crippen LogP contribution in [-0.4, -0.2) is 24.6 Å². The number of esters is 1. The maximum atomic E-state index is 12.3. The number of carbonyl (C=O) groups excluding carboxylic acids is 3. The summed E-state index contributed by atoms with van der Waals surface area (Å²) < 4.78 is 6.02. The molecule has 0 aliphatic heterocycles. The number of fused-ring (bicyclic) bond motifs is 5. The van der Waals surface area contributed by atoms with Crippen molar-refractivity contribution in [2.24, 2.45) is 45.3 Å². The first-order valence-corrected chi connectivity index (χ1v) is 12.2. The smallest absolute Gasteiger partial charge is 0.302 e.